The number of esters is 1. The van der Waals surface area contributed by atoms with Crippen molar-refractivity contribution in [2.75, 3.05) is 39.9 Å². The number of ether oxygens (including phenoxy) is 1. The van der Waals surface area contributed by atoms with Gasteiger partial charge in [0.2, 0.25) is 0 Å². The van der Waals surface area contributed by atoms with E-state index in [2.05, 4.69) is 9.80 Å². The summed E-state index contributed by atoms with van der Waals surface area (Å²) in [5.41, 5.74) is 1.81. The van der Waals surface area contributed by atoms with E-state index in [0.29, 0.717) is 11.6 Å². The highest BCUT2D eigenvalue weighted by atomic mass is 16.5. The lowest BCUT2D eigenvalue weighted by Gasteiger charge is -2.43. The molecule has 0 spiro atoms. The number of methoxy groups -OCH3 is 1. The Hall–Kier alpha value is -1.43. The highest BCUT2D eigenvalue weighted by molar-refractivity contribution is 5.89. The molecule has 1 saturated carbocycles. The first-order chi connectivity index (χ1) is 13.2. The number of aliphatic hydroxyl groups is 1. The molecule has 1 atom stereocenters. The molecule has 1 unspecified atom stereocenters. The normalized spacial score (nSPS) is 22.7. The summed E-state index contributed by atoms with van der Waals surface area (Å²) < 4.78 is 4.76. The maximum atomic E-state index is 11.6. The Balaban J connectivity index is 1.54. The van der Waals surface area contributed by atoms with E-state index < -0.39 is 0 Å². The van der Waals surface area contributed by atoms with E-state index in [1.807, 2.05) is 24.3 Å². The van der Waals surface area contributed by atoms with Crippen molar-refractivity contribution in [1.29, 1.82) is 0 Å². The van der Waals surface area contributed by atoms with Crippen molar-refractivity contribution in [2.45, 2.75) is 51.1 Å². The predicted molar refractivity (Wildman–Crippen MR) is 107 cm³/mol. The van der Waals surface area contributed by atoms with Gasteiger partial charge in [-0.05, 0) is 42.9 Å². The number of aliphatic hydroxyl groups excluding tert-OH is 1. The Morgan fingerprint density at radius 3 is 2.56 bits per heavy atom. The number of hydrogen-bond acceptors (Lipinski definition) is 5. The Labute approximate surface area is 163 Å². The van der Waals surface area contributed by atoms with E-state index in [1.165, 1.54) is 51.3 Å². The number of hydrogen-bond donors (Lipinski definition) is 1. The van der Waals surface area contributed by atoms with Gasteiger partial charge < -0.3 is 9.84 Å². The third-order valence-electron chi connectivity index (χ3n) is 6.15. The quantitative estimate of drug-likeness (QED) is 0.744. The summed E-state index contributed by atoms with van der Waals surface area (Å²) in [4.78, 5) is 16.7. The highest BCUT2D eigenvalue weighted by Crippen LogP contribution is 2.26. The van der Waals surface area contributed by atoms with Gasteiger partial charge in [-0.1, -0.05) is 31.4 Å². The van der Waals surface area contributed by atoms with Crippen LogP contribution in [0.5, 0.6) is 0 Å². The van der Waals surface area contributed by atoms with Crippen LogP contribution in [0.2, 0.25) is 0 Å². The van der Waals surface area contributed by atoms with Gasteiger partial charge in [-0.3, -0.25) is 9.80 Å². The lowest BCUT2D eigenvalue weighted by atomic mass is 9.88. The first-order valence-corrected chi connectivity index (χ1v) is 10.4. The molecule has 0 radical (unpaired) electrons. The lowest BCUT2D eigenvalue weighted by Crippen LogP contribution is -2.54. The fraction of sp³-hybridized carbons (Fsp3) is 0.682. The molecule has 2 aliphatic rings. The van der Waals surface area contributed by atoms with Gasteiger partial charge in [0.05, 0.1) is 12.7 Å². The molecular formula is C22H34N2O3. The highest BCUT2D eigenvalue weighted by Gasteiger charge is 2.28. The van der Waals surface area contributed by atoms with Crippen LogP contribution in [-0.4, -0.2) is 66.8 Å². The summed E-state index contributed by atoms with van der Waals surface area (Å²) >= 11 is 0. The van der Waals surface area contributed by atoms with Crippen LogP contribution in [-0.2, 0) is 11.3 Å². The zero-order valence-electron chi connectivity index (χ0n) is 16.6. The van der Waals surface area contributed by atoms with E-state index in [4.69, 9.17) is 4.74 Å². The molecule has 1 aliphatic heterocycles. The largest absolute Gasteiger partial charge is 0.465 e. The van der Waals surface area contributed by atoms with Crippen molar-refractivity contribution >= 4 is 5.97 Å². The van der Waals surface area contributed by atoms with Crippen LogP contribution < -0.4 is 0 Å². The molecule has 1 saturated heterocycles. The second-order valence-electron chi connectivity index (χ2n) is 8.09. The van der Waals surface area contributed by atoms with Crippen molar-refractivity contribution in [3.05, 3.63) is 35.4 Å². The molecule has 1 N–H and O–H groups in total. The Morgan fingerprint density at radius 1 is 1.15 bits per heavy atom. The number of carbonyl (C=O) groups excluding carboxylic acids is 1. The molecule has 0 aromatic heterocycles. The van der Waals surface area contributed by atoms with E-state index in [-0.39, 0.29) is 12.6 Å². The molecule has 27 heavy (non-hydrogen) atoms. The van der Waals surface area contributed by atoms with Crippen molar-refractivity contribution in [3.63, 3.8) is 0 Å². The van der Waals surface area contributed by atoms with Crippen molar-refractivity contribution in [2.24, 2.45) is 5.92 Å². The predicted octanol–water partition coefficient (Wildman–Crippen LogP) is 2.92. The molecule has 0 bridgehead atoms. The van der Waals surface area contributed by atoms with Crippen LogP contribution in [0.4, 0.5) is 0 Å². The van der Waals surface area contributed by atoms with E-state index in [9.17, 15) is 9.90 Å². The average Bonchev–Trinajstić information content (AvgIpc) is 2.71. The molecule has 1 aromatic carbocycles. The molecule has 5 nitrogen and oxygen atoms in total. The molecule has 2 fully saturated rings. The van der Waals surface area contributed by atoms with Gasteiger partial charge in [-0.2, -0.15) is 0 Å². The van der Waals surface area contributed by atoms with Gasteiger partial charge >= 0.3 is 5.97 Å². The number of benzene rings is 1. The maximum absolute atomic E-state index is 11.6. The summed E-state index contributed by atoms with van der Waals surface area (Å²) in [7, 11) is 1.41. The Morgan fingerprint density at radius 2 is 1.89 bits per heavy atom. The zero-order chi connectivity index (χ0) is 19.1. The van der Waals surface area contributed by atoms with Gasteiger partial charge in [-0.15, -0.1) is 0 Å². The van der Waals surface area contributed by atoms with Gasteiger partial charge in [0.25, 0.3) is 0 Å². The summed E-state index contributed by atoms with van der Waals surface area (Å²) in [5, 5.41) is 9.54. The van der Waals surface area contributed by atoms with Crippen LogP contribution in [0.25, 0.3) is 0 Å². The summed E-state index contributed by atoms with van der Waals surface area (Å²) in [6.07, 6.45) is 7.77. The third kappa shape index (κ3) is 5.77. The standard InChI is InChI=1S/C22H34N2O3/c1-27-22(26)20-9-7-19(8-10-20)15-23-12-13-24(21(17-23)11-14-25)16-18-5-3-2-4-6-18/h7-10,18,21,25H,2-6,11-17H2,1H3. The monoisotopic (exact) mass is 374 g/mol. The average molecular weight is 375 g/mol. The number of piperazine rings is 1. The fourth-order valence-electron chi connectivity index (χ4n) is 4.59. The third-order valence-corrected chi connectivity index (χ3v) is 6.15. The van der Waals surface area contributed by atoms with Gasteiger partial charge in [0.15, 0.2) is 0 Å². The minimum absolute atomic E-state index is 0.257. The zero-order valence-corrected chi connectivity index (χ0v) is 16.6. The molecule has 3 rings (SSSR count). The smallest absolute Gasteiger partial charge is 0.337 e. The van der Waals surface area contributed by atoms with Gasteiger partial charge in [0, 0.05) is 45.4 Å². The lowest BCUT2D eigenvalue weighted by molar-refractivity contribution is 0.0400. The van der Waals surface area contributed by atoms with Gasteiger partial charge in [-0.25, -0.2) is 4.79 Å². The van der Waals surface area contributed by atoms with Crippen LogP contribution in [0, 0.1) is 5.92 Å². The minimum Gasteiger partial charge on any atom is -0.465 e. The van der Waals surface area contributed by atoms with Crippen LogP contribution >= 0.6 is 0 Å². The van der Waals surface area contributed by atoms with Gasteiger partial charge in [0.1, 0.15) is 0 Å². The van der Waals surface area contributed by atoms with E-state index in [1.54, 1.807) is 0 Å². The van der Waals surface area contributed by atoms with Crippen LogP contribution in [0.15, 0.2) is 24.3 Å². The minimum atomic E-state index is -0.291. The van der Waals surface area contributed by atoms with E-state index >= 15 is 0 Å². The molecule has 1 aliphatic carbocycles. The van der Waals surface area contributed by atoms with Crippen molar-refractivity contribution in [1.82, 2.24) is 9.80 Å². The molecule has 1 heterocycles. The molecular weight excluding hydrogens is 340 g/mol. The van der Waals surface area contributed by atoms with Crippen molar-refractivity contribution < 1.29 is 14.6 Å². The molecule has 0 amide bonds. The Bertz CT molecular complexity index is 584. The Kier molecular flexibility index (Phi) is 7.68. The van der Waals surface area contributed by atoms with Crippen LogP contribution in [0.3, 0.4) is 0 Å². The topological polar surface area (TPSA) is 53.0 Å². The van der Waals surface area contributed by atoms with Crippen LogP contribution in [0.1, 0.15) is 54.4 Å². The first kappa shape index (κ1) is 20.3. The SMILES string of the molecule is COC(=O)c1ccc(CN2CCN(CC3CCCCC3)C(CCO)C2)cc1. The van der Waals surface area contributed by atoms with Crippen molar-refractivity contribution in [3.8, 4) is 0 Å². The maximum Gasteiger partial charge on any atom is 0.337 e. The second kappa shape index (κ2) is 10.2. The summed E-state index contributed by atoms with van der Waals surface area (Å²) in [6.45, 7) is 5.50. The van der Waals surface area contributed by atoms with E-state index in [0.717, 1.165) is 38.5 Å². The second-order valence-corrected chi connectivity index (χ2v) is 8.09. The molecule has 5 heteroatoms. The summed E-state index contributed by atoms with van der Waals surface area (Å²) in [5.74, 6) is 0.554. The fourth-order valence-corrected chi connectivity index (χ4v) is 4.59. The number of rotatable bonds is 7. The number of nitrogens with zero attached hydrogens (tertiary/aromatic N) is 2. The summed E-state index contributed by atoms with van der Waals surface area (Å²) in [6, 6.07) is 8.15. The first-order valence-electron chi connectivity index (χ1n) is 10.4. The number of carbonyl (C=O) groups is 1. The molecule has 150 valence electrons. The molecule has 1 aromatic rings.